The number of hydrogen-bond acceptors (Lipinski definition) is 3. The van der Waals surface area contributed by atoms with Gasteiger partial charge in [0.05, 0.1) is 0 Å². The van der Waals surface area contributed by atoms with Gasteiger partial charge in [0.25, 0.3) is 11.5 Å². The molecule has 1 heterocycles. The molecule has 0 aliphatic rings. The van der Waals surface area contributed by atoms with Gasteiger partial charge in [0, 0.05) is 21.2 Å². The molecule has 0 spiro atoms. The van der Waals surface area contributed by atoms with Gasteiger partial charge in [0.2, 0.25) is 0 Å². The maximum absolute atomic E-state index is 12.3. The van der Waals surface area contributed by atoms with Crippen molar-refractivity contribution in [3.05, 3.63) is 87.3 Å². The molecule has 0 unspecified atom stereocenters. The molecule has 0 aliphatic heterocycles. The molecule has 0 atom stereocenters. The van der Waals surface area contributed by atoms with E-state index >= 15 is 0 Å². The van der Waals surface area contributed by atoms with E-state index in [1.807, 2.05) is 24.3 Å². The highest BCUT2D eigenvalue weighted by atomic mass is 32.2. The van der Waals surface area contributed by atoms with Crippen LogP contribution in [-0.2, 0) is 0 Å². The number of carbonyl (C=O) groups is 1. The van der Waals surface area contributed by atoms with E-state index in [1.165, 1.54) is 22.1 Å². The topological polar surface area (TPSA) is 62.0 Å². The number of nitrogens with one attached hydrogen (secondary N) is 2. The summed E-state index contributed by atoms with van der Waals surface area (Å²) in [4.78, 5) is 29.1. The fourth-order valence-corrected chi connectivity index (χ4v) is 3.48. The largest absolute Gasteiger partial charge is 0.326 e. The number of hydrogen-bond donors (Lipinski definition) is 2. The Kier molecular flexibility index (Phi) is 5.28. The lowest BCUT2D eigenvalue weighted by Crippen LogP contribution is -2.23. The fraction of sp³-hybridized carbons (Fsp3) is 0.143. The third kappa shape index (κ3) is 4.24. The molecular formula is C21H20N2O2S. The average molecular weight is 364 g/mol. The van der Waals surface area contributed by atoms with Crippen molar-refractivity contribution in [2.75, 3.05) is 5.32 Å². The summed E-state index contributed by atoms with van der Waals surface area (Å²) in [5, 5.41) is 2.76. The maximum atomic E-state index is 12.3. The number of benzene rings is 2. The first-order valence-electron chi connectivity index (χ1n) is 8.29. The summed E-state index contributed by atoms with van der Waals surface area (Å²) in [6, 6.07) is 17.2. The fourth-order valence-electron chi connectivity index (χ4n) is 2.60. The third-order valence-electron chi connectivity index (χ3n) is 3.97. The zero-order chi connectivity index (χ0) is 18.7. The Hall–Kier alpha value is -2.79. The molecule has 2 N–H and O–H groups in total. The standard InChI is InChI=1S/C21H20N2O2S/c1-13-4-11-19(14(2)12-13)26-17-8-6-16(7-9-17)23-21(25)18-10-5-15(3)22-20(18)24/h4-12H,1-3H3,(H,22,24)(H,23,25). The first-order chi connectivity index (χ1) is 12.4. The van der Waals surface area contributed by atoms with Crippen LogP contribution >= 0.6 is 11.8 Å². The number of H-pyrrole nitrogens is 1. The first kappa shape index (κ1) is 18.0. The highest BCUT2D eigenvalue weighted by molar-refractivity contribution is 7.99. The molecule has 0 aliphatic carbocycles. The lowest BCUT2D eigenvalue weighted by Gasteiger charge is -2.08. The zero-order valence-electron chi connectivity index (χ0n) is 14.9. The number of pyridine rings is 1. The number of carbonyl (C=O) groups excluding carboxylic acids is 1. The van der Waals surface area contributed by atoms with Crippen LogP contribution in [0.2, 0.25) is 0 Å². The van der Waals surface area contributed by atoms with E-state index < -0.39 is 5.91 Å². The number of rotatable bonds is 4. The molecule has 0 bridgehead atoms. The van der Waals surface area contributed by atoms with Crippen LogP contribution in [0.1, 0.15) is 27.2 Å². The van der Waals surface area contributed by atoms with E-state index in [0.717, 1.165) is 10.6 Å². The molecule has 3 rings (SSSR count). The Labute approximate surface area is 156 Å². The van der Waals surface area contributed by atoms with Crippen LogP contribution in [0.25, 0.3) is 0 Å². The van der Waals surface area contributed by atoms with Crippen molar-refractivity contribution >= 4 is 23.4 Å². The summed E-state index contributed by atoms with van der Waals surface area (Å²) in [7, 11) is 0. The van der Waals surface area contributed by atoms with E-state index in [0.29, 0.717) is 5.69 Å². The average Bonchev–Trinajstić information content (AvgIpc) is 2.59. The molecule has 0 fully saturated rings. The Balaban J connectivity index is 1.71. The summed E-state index contributed by atoms with van der Waals surface area (Å²) in [6.07, 6.45) is 0. The molecule has 1 aromatic heterocycles. The van der Waals surface area contributed by atoms with Crippen LogP contribution in [0.3, 0.4) is 0 Å². The van der Waals surface area contributed by atoms with Gasteiger partial charge in [-0.1, -0.05) is 29.5 Å². The second-order valence-corrected chi connectivity index (χ2v) is 7.35. The van der Waals surface area contributed by atoms with Gasteiger partial charge in [0.15, 0.2) is 0 Å². The van der Waals surface area contributed by atoms with E-state index in [9.17, 15) is 9.59 Å². The number of aromatic amines is 1. The molecule has 3 aromatic rings. The van der Waals surface area contributed by atoms with Crippen molar-refractivity contribution in [3.63, 3.8) is 0 Å². The normalized spacial score (nSPS) is 10.6. The van der Waals surface area contributed by atoms with Crippen LogP contribution in [-0.4, -0.2) is 10.9 Å². The molecule has 132 valence electrons. The van der Waals surface area contributed by atoms with Crippen molar-refractivity contribution in [1.29, 1.82) is 0 Å². The van der Waals surface area contributed by atoms with Gasteiger partial charge in [-0.3, -0.25) is 9.59 Å². The van der Waals surface area contributed by atoms with Crippen molar-refractivity contribution < 1.29 is 4.79 Å². The summed E-state index contributed by atoms with van der Waals surface area (Å²) >= 11 is 1.68. The molecule has 2 aromatic carbocycles. The van der Waals surface area contributed by atoms with Crippen LogP contribution in [0.15, 0.2) is 69.2 Å². The van der Waals surface area contributed by atoms with Gasteiger partial charge in [0.1, 0.15) is 5.56 Å². The second-order valence-electron chi connectivity index (χ2n) is 6.23. The van der Waals surface area contributed by atoms with Crippen molar-refractivity contribution in [1.82, 2.24) is 4.98 Å². The molecule has 0 saturated carbocycles. The van der Waals surface area contributed by atoms with Gasteiger partial charge in [-0.15, -0.1) is 0 Å². The molecule has 0 saturated heterocycles. The molecule has 4 nitrogen and oxygen atoms in total. The summed E-state index contributed by atoms with van der Waals surface area (Å²) in [5.41, 5.74) is 3.58. The van der Waals surface area contributed by atoms with Gasteiger partial charge in [-0.2, -0.15) is 0 Å². The van der Waals surface area contributed by atoms with E-state index in [4.69, 9.17) is 0 Å². The number of amides is 1. The zero-order valence-corrected chi connectivity index (χ0v) is 15.7. The van der Waals surface area contributed by atoms with Crippen LogP contribution in [0.4, 0.5) is 5.69 Å². The lowest BCUT2D eigenvalue weighted by molar-refractivity contribution is 0.102. The Morgan fingerprint density at radius 2 is 1.69 bits per heavy atom. The minimum Gasteiger partial charge on any atom is -0.326 e. The Morgan fingerprint density at radius 3 is 2.35 bits per heavy atom. The second kappa shape index (κ2) is 7.62. The Bertz CT molecular complexity index is 1010. The SMILES string of the molecule is Cc1ccc(Sc2ccc(NC(=O)c3ccc(C)[nH]c3=O)cc2)c(C)c1. The van der Waals surface area contributed by atoms with E-state index in [2.05, 4.69) is 42.3 Å². The number of aryl methyl sites for hydroxylation is 3. The summed E-state index contributed by atoms with van der Waals surface area (Å²) in [5.74, 6) is -0.416. The molecule has 5 heteroatoms. The predicted molar refractivity (Wildman–Crippen MR) is 106 cm³/mol. The minimum atomic E-state index is -0.416. The quantitative estimate of drug-likeness (QED) is 0.705. The van der Waals surface area contributed by atoms with Crippen LogP contribution in [0, 0.1) is 20.8 Å². The van der Waals surface area contributed by atoms with E-state index in [1.54, 1.807) is 24.8 Å². The highest BCUT2D eigenvalue weighted by Crippen LogP contribution is 2.31. The molecule has 1 amide bonds. The van der Waals surface area contributed by atoms with Crippen molar-refractivity contribution in [3.8, 4) is 0 Å². The van der Waals surface area contributed by atoms with Crippen molar-refractivity contribution in [2.24, 2.45) is 0 Å². The molecule has 0 radical (unpaired) electrons. The third-order valence-corrected chi connectivity index (χ3v) is 5.16. The van der Waals surface area contributed by atoms with Gasteiger partial charge in [-0.25, -0.2) is 0 Å². The summed E-state index contributed by atoms with van der Waals surface area (Å²) in [6.45, 7) is 5.95. The smallest absolute Gasteiger partial charge is 0.261 e. The number of aromatic nitrogens is 1. The minimum absolute atomic E-state index is 0.101. The van der Waals surface area contributed by atoms with Gasteiger partial charge in [-0.05, 0) is 68.8 Å². The molecule has 26 heavy (non-hydrogen) atoms. The first-order valence-corrected chi connectivity index (χ1v) is 9.10. The monoisotopic (exact) mass is 364 g/mol. The van der Waals surface area contributed by atoms with E-state index in [-0.39, 0.29) is 11.1 Å². The highest BCUT2D eigenvalue weighted by Gasteiger charge is 2.10. The number of anilines is 1. The van der Waals surface area contributed by atoms with Crippen molar-refractivity contribution in [2.45, 2.75) is 30.6 Å². The van der Waals surface area contributed by atoms with Gasteiger partial charge >= 0.3 is 0 Å². The maximum Gasteiger partial charge on any atom is 0.261 e. The van der Waals surface area contributed by atoms with Crippen LogP contribution < -0.4 is 10.9 Å². The van der Waals surface area contributed by atoms with Gasteiger partial charge < -0.3 is 10.3 Å². The van der Waals surface area contributed by atoms with Crippen LogP contribution in [0.5, 0.6) is 0 Å². The molecular weight excluding hydrogens is 344 g/mol. The summed E-state index contributed by atoms with van der Waals surface area (Å²) < 4.78 is 0. The predicted octanol–water partition coefficient (Wildman–Crippen LogP) is 4.70. The Morgan fingerprint density at radius 1 is 0.962 bits per heavy atom. The lowest BCUT2D eigenvalue weighted by atomic mass is 10.2.